The Morgan fingerprint density at radius 2 is 1.32 bits per heavy atom. The molecule has 0 unspecified atom stereocenters. The number of nitrogens with one attached hydrogen (secondary N) is 1. The average Bonchev–Trinajstić information content (AvgIpc) is 3.12. The monoisotopic (exact) mass is 450 g/mol. The van der Waals surface area contributed by atoms with Crippen LogP contribution in [-0.2, 0) is 9.59 Å². The predicted octanol–water partition coefficient (Wildman–Crippen LogP) is 5.25. The standard InChI is InChI=1S/C28H22N2O4/c1-33-23-16-7-5-13-20(23)25-26(29-21-14-9-11-18-10-3-4-12-19(18)21)28(32)30(27(25)31)22-15-6-8-17-24(22)34-2/h3-17,29H,1-2H3. The summed E-state index contributed by atoms with van der Waals surface area (Å²) in [5.41, 5.74) is 2.05. The summed E-state index contributed by atoms with van der Waals surface area (Å²) in [4.78, 5) is 28.8. The summed E-state index contributed by atoms with van der Waals surface area (Å²) in [7, 11) is 3.05. The van der Waals surface area contributed by atoms with Crippen molar-refractivity contribution >= 4 is 39.5 Å². The van der Waals surface area contributed by atoms with Crippen LogP contribution in [0.1, 0.15) is 5.56 Å². The first-order valence-electron chi connectivity index (χ1n) is 10.8. The lowest BCUT2D eigenvalue weighted by Gasteiger charge is -2.18. The number of para-hydroxylation sites is 3. The van der Waals surface area contributed by atoms with Crippen molar-refractivity contribution in [1.82, 2.24) is 0 Å². The van der Waals surface area contributed by atoms with E-state index in [1.54, 1.807) is 36.4 Å². The van der Waals surface area contributed by atoms with Gasteiger partial charge in [-0.25, -0.2) is 4.90 Å². The van der Waals surface area contributed by atoms with E-state index in [1.165, 1.54) is 14.2 Å². The van der Waals surface area contributed by atoms with E-state index >= 15 is 0 Å². The molecule has 6 heteroatoms. The van der Waals surface area contributed by atoms with Gasteiger partial charge in [0.05, 0.1) is 25.5 Å². The molecule has 4 aromatic rings. The number of fused-ring (bicyclic) bond motifs is 1. The second kappa shape index (κ2) is 8.75. The van der Waals surface area contributed by atoms with Gasteiger partial charge in [-0.1, -0.05) is 66.7 Å². The first kappa shape index (κ1) is 21.3. The van der Waals surface area contributed by atoms with Gasteiger partial charge in [0.2, 0.25) is 0 Å². The molecule has 0 spiro atoms. The van der Waals surface area contributed by atoms with Crippen LogP contribution in [0.5, 0.6) is 11.5 Å². The van der Waals surface area contributed by atoms with Gasteiger partial charge >= 0.3 is 0 Å². The van der Waals surface area contributed by atoms with E-state index in [0.29, 0.717) is 22.7 Å². The molecule has 0 aromatic heterocycles. The van der Waals surface area contributed by atoms with Crippen LogP contribution in [0.25, 0.3) is 16.3 Å². The van der Waals surface area contributed by atoms with Crippen molar-refractivity contribution in [3.8, 4) is 11.5 Å². The van der Waals surface area contributed by atoms with Crippen molar-refractivity contribution in [3.05, 3.63) is 102 Å². The molecule has 168 valence electrons. The van der Waals surface area contributed by atoms with E-state index in [2.05, 4.69) is 5.32 Å². The molecule has 0 bridgehead atoms. The summed E-state index contributed by atoms with van der Waals surface area (Å²) in [6, 6.07) is 27.8. The number of imide groups is 1. The topological polar surface area (TPSA) is 67.9 Å². The second-order valence-electron chi connectivity index (χ2n) is 7.72. The quantitative estimate of drug-likeness (QED) is 0.406. The molecule has 0 atom stereocenters. The van der Waals surface area contributed by atoms with Crippen LogP contribution in [-0.4, -0.2) is 26.0 Å². The zero-order chi connectivity index (χ0) is 23.7. The van der Waals surface area contributed by atoms with Crippen LogP contribution in [0.4, 0.5) is 11.4 Å². The van der Waals surface area contributed by atoms with E-state index in [9.17, 15) is 9.59 Å². The second-order valence-corrected chi connectivity index (χ2v) is 7.72. The molecule has 0 radical (unpaired) electrons. The first-order chi connectivity index (χ1) is 16.6. The van der Waals surface area contributed by atoms with Gasteiger partial charge in [0.25, 0.3) is 11.8 Å². The maximum Gasteiger partial charge on any atom is 0.282 e. The molecular weight excluding hydrogens is 428 g/mol. The number of methoxy groups -OCH3 is 2. The Kier molecular flexibility index (Phi) is 5.47. The molecule has 0 fully saturated rings. The molecular formula is C28H22N2O4. The van der Waals surface area contributed by atoms with Gasteiger partial charge in [-0.15, -0.1) is 0 Å². The van der Waals surface area contributed by atoms with Crippen LogP contribution >= 0.6 is 0 Å². The molecule has 5 rings (SSSR count). The third-order valence-electron chi connectivity index (χ3n) is 5.84. The molecule has 2 amide bonds. The molecule has 0 saturated heterocycles. The van der Waals surface area contributed by atoms with Crippen LogP contribution in [0.3, 0.4) is 0 Å². The average molecular weight is 450 g/mol. The largest absolute Gasteiger partial charge is 0.496 e. The van der Waals surface area contributed by atoms with Gasteiger partial charge in [-0.05, 0) is 29.7 Å². The summed E-state index contributed by atoms with van der Waals surface area (Å²) < 4.78 is 11.0. The van der Waals surface area contributed by atoms with Gasteiger partial charge in [0, 0.05) is 16.6 Å². The minimum atomic E-state index is -0.469. The highest BCUT2D eigenvalue weighted by Gasteiger charge is 2.42. The van der Waals surface area contributed by atoms with Crippen LogP contribution < -0.4 is 19.7 Å². The number of amides is 2. The highest BCUT2D eigenvalue weighted by molar-refractivity contribution is 6.46. The van der Waals surface area contributed by atoms with Crippen LogP contribution in [0.15, 0.2) is 96.7 Å². The van der Waals surface area contributed by atoms with Crippen LogP contribution in [0.2, 0.25) is 0 Å². The summed E-state index contributed by atoms with van der Waals surface area (Å²) in [6.07, 6.45) is 0. The zero-order valence-electron chi connectivity index (χ0n) is 18.7. The Labute approximate surface area is 197 Å². The number of nitrogens with zero attached hydrogens (tertiary/aromatic N) is 1. The molecule has 0 saturated carbocycles. The van der Waals surface area contributed by atoms with E-state index in [1.807, 2.05) is 54.6 Å². The number of carbonyl (C=O) groups is 2. The number of rotatable bonds is 6. The number of benzene rings is 4. The van der Waals surface area contributed by atoms with Crippen LogP contribution in [0, 0.1) is 0 Å². The number of carbonyl (C=O) groups excluding carboxylic acids is 2. The smallest absolute Gasteiger partial charge is 0.282 e. The number of anilines is 2. The van der Waals surface area contributed by atoms with Crippen molar-refractivity contribution < 1.29 is 19.1 Å². The SMILES string of the molecule is COc1ccccc1C1=C(Nc2cccc3ccccc23)C(=O)N(c2ccccc2OC)C1=O. The van der Waals surface area contributed by atoms with E-state index in [-0.39, 0.29) is 11.3 Å². The molecule has 1 aliphatic rings. The van der Waals surface area contributed by atoms with E-state index < -0.39 is 11.8 Å². The van der Waals surface area contributed by atoms with Gasteiger partial charge in [-0.2, -0.15) is 0 Å². The molecule has 4 aromatic carbocycles. The minimum absolute atomic E-state index is 0.178. The predicted molar refractivity (Wildman–Crippen MR) is 133 cm³/mol. The molecule has 34 heavy (non-hydrogen) atoms. The summed E-state index contributed by atoms with van der Waals surface area (Å²) in [5.74, 6) is -0.00203. The van der Waals surface area contributed by atoms with Gasteiger partial charge in [0.1, 0.15) is 17.2 Å². The minimum Gasteiger partial charge on any atom is -0.496 e. The van der Waals surface area contributed by atoms with E-state index in [4.69, 9.17) is 9.47 Å². The summed E-state index contributed by atoms with van der Waals surface area (Å²) in [6.45, 7) is 0. The Bertz CT molecular complexity index is 1450. The molecule has 1 aliphatic heterocycles. The fraction of sp³-hybridized carbons (Fsp3) is 0.0714. The van der Waals surface area contributed by atoms with Gasteiger partial charge in [-0.3, -0.25) is 9.59 Å². The lowest BCUT2D eigenvalue weighted by atomic mass is 10.0. The Morgan fingerprint density at radius 1 is 0.676 bits per heavy atom. The van der Waals surface area contributed by atoms with Crippen molar-refractivity contribution in [2.75, 3.05) is 24.4 Å². The lowest BCUT2D eigenvalue weighted by molar-refractivity contribution is -0.120. The Balaban J connectivity index is 1.71. The number of ether oxygens (including phenoxy) is 2. The van der Waals surface area contributed by atoms with Crippen molar-refractivity contribution in [2.45, 2.75) is 0 Å². The Hall–Kier alpha value is -4.58. The molecule has 1 N–H and O–H groups in total. The maximum absolute atomic E-state index is 13.8. The normalized spacial score (nSPS) is 13.5. The van der Waals surface area contributed by atoms with Gasteiger partial charge < -0.3 is 14.8 Å². The van der Waals surface area contributed by atoms with Gasteiger partial charge in [0.15, 0.2) is 0 Å². The third-order valence-corrected chi connectivity index (χ3v) is 5.84. The van der Waals surface area contributed by atoms with Crippen molar-refractivity contribution in [2.24, 2.45) is 0 Å². The molecule has 1 heterocycles. The fourth-order valence-corrected chi connectivity index (χ4v) is 4.25. The van der Waals surface area contributed by atoms with Crippen molar-refractivity contribution in [3.63, 3.8) is 0 Å². The Morgan fingerprint density at radius 3 is 2.12 bits per heavy atom. The third kappa shape index (κ3) is 3.46. The maximum atomic E-state index is 13.8. The molecule has 6 nitrogen and oxygen atoms in total. The van der Waals surface area contributed by atoms with E-state index in [0.717, 1.165) is 21.4 Å². The lowest BCUT2D eigenvalue weighted by Crippen LogP contribution is -2.32. The molecule has 0 aliphatic carbocycles. The number of hydrogen-bond acceptors (Lipinski definition) is 5. The van der Waals surface area contributed by atoms with Crippen molar-refractivity contribution in [1.29, 1.82) is 0 Å². The fourth-order valence-electron chi connectivity index (χ4n) is 4.25. The summed E-state index contributed by atoms with van der Waals surface area (Å²) >= 11 is 0. The summed E-state index contributed by atoms with van der Waals surface area (Å²) in [5, 5.41) is 5.23. The first-order valence-corrected chi connectivity index (χ1v) is 10.8. The highest BCUT2D eigenvalue weighted by Crippen LogP contribution is 2.40. The number of hydrogen-bond donors (Lipinski definition) is 1. The highest BCUT2D eigenvalue weighted by atomic mass is 16.5. The zero-order valence-corrected chi connectivity index (χ0v) is 18.7.